The van der Waals surface area contributed by atoms with Gasteiger partial charge in [0.1, 0.15) is 11.5 Å². The van der Waals surface area contributed by atoms with Gasteiger partial charge in [-0.25, -0.2) is 0 Å². The van der Waals surface area contributed by atoms with Crippen LogP contribution in [0.5, 0.6) is 11.5 Å². The first-order valence-electron chi connectivity index (χ1n) is 16.9. The smallest absolute Gasteiger partial charge is 0.259 e. The van der Waals surface area contributed by atoms with Gasteiger partial charge in [0.05, 0.1) is 23.5 Å². The van der Waals surface area contributed by atoms with Crippen LogP contribution in [0.4, 0.5) is 5.69 Å². The van der Waals surface area contributed by atoms with Gasteiger partial charge in [-0.2, -0.15) is 4.68 Å². The van der Waals surface area contributed by atoms with Crippen LogP contribution < -0.4 is 10.1 Å². The minimum atomic E-state index is -0.431. The fraction of sp³-hybridized carbons (Fsp3) is 0.368. The topological polar surface area (TPSA) is 102 Å². The van der Waals surface area contributed by atoms with Crippen LogP contribution >= 0.6 is 11.8 Å². The summed E-state index contributed by atoms with van der Waals surface area (Å²) in [5, 5.41) is 28.4. The molecule has 1 heterocycles. The summed E-state index contributed by atoms with van der Waals surface area (Å²) in [4.78, 5) is 14.4. The first-order valence-corrected chi connectivity index (χ1v) is 17.8. The fourth-order valence-electron chi connectivity index (χ4n) is 5.67. The highest BCUT2D eigenvalue weighted by Crippen LogP contribution is 2.39. The minimum Gasteiger partial charge on any atom is -0.506 e. The molecule has 8 nitrogen and oxygen atoms in total. The molecule has 0 saturated carbocycles. The third-order valence-corrected chi connectivity index (χ3v) is 9.25. The molecular weight excluding hydrogens is 607 g/mol. The number of nitrogens with one attached hydrogen (secondary N) is 1. The molecule has 0 aliphatic carbocycles. The van der Waals surface area contributed by atoms with Gasteiger partial charge in [0.15, 0.2) is 0 Å². The number of hydrogen-bond acceptors (Lipinski definition) is 7. The van der Waals surface area contributed by atoms with Gasteiger partial charge in [-0.1, -0.05) is 132 Å². The third kappa shape index (κ3) is 9.58. The Balaban J connectivity index is 1.19. The molecule has 5 rings (SSSR count). The van der Waals surface area contributed by atoms with E-state index >= 15 is 0 Å². The summed E-state index contributed by atoms with van der Waals surface area (Å²) < 4.78 is 7.76. The lowest BCUT2D eigenvalue weighted by molar-refractivity contribution is 0.102. The van der Waals surface area contributed by atoms with E-state index in [1.807, 2.05) is 72.8 Å². The minimum absolute atomic E-state index is 0.0833. The highest BCUT2D eigenvalue weighted by Gasteiger charge is 2.21. The van der Waals surface area contributed by atoms with Gasteiger partial charge < -0.3 is 15.2 Å². The number of aromatic hydroxyl groups is 1. The Morgan fingerprint density at radius 1 is 0.787 bits per heavy atom. The number of amides is 1. The molecule has 0 aliphatic rings. The average molecular weight is 652 g/mol. The number of rotatable bonds is 19. The van der Waals surface area contributed by atoms with Crippen molar-refractivity contribution in [2.45, 2.75) is 94.0 Å². The Kier molecular flexibility index (Phi) is 13.1. The quantitative estimate of drug-likeness (QED) is 0.0857. The first-order chi connectivity index (χ1) is 23.2. The number of fused-ring (bicyclic) bond motifs is 1. The van der Waals surface area contributed by atoms with E-state index in [1.54, 1.807) is 16.8 Å². The second-order valence-corrected chi connectivity index (χ2v) is 12.8. The van der Waals surface area contributed by atoms with Crippen molar-refractivity contribution in [2.24, 2.45) is 0 Å². The second-order valence-electron chi connectivity index (χ2n) is 11.8. The van der Waals surface area contributed by atoms with Crippen LogP contribution in [0, 0.1) is 0 Å². The number of ether oxygens (including phenoxy) is 1. The van der Waals surface area contributed by atoms with Crippen molar-refractivity contribution in [3.8, 4) is 17.2 Å². The highest BCUT2D eigenvalue weighted by atomic mass is 32.2. The third-order valence-electron chi connectivity index (χ3n) is 8.26. The number of benzene rings is 4. The zero-order chi connectivity index (χ0) is 32.7. The molecule has 47 heavy (non-hydrogen) atoms. The standard InChI is InChI=1S/C38H45N5O3S/c1-2-3-4-5-6-7-8-9-10-11-12-20-27-46-34-26-19-18-25-33(34)39-37(45)32-28-35(30-23-16-17-24-31(30)36(32)44)47-38-40-41-42-43(38)29-21-14-13-15-22-29/h13-19,21-26,28,44H,2-12,20,27H2,1H3,(H,39,45). The molecule has 0 radical (unpaired) electrons. The van der Waals surface area contributed by atoms with E-state index in [0.29, 0.717) is 28.6 Å². The molecule has 0 atom stereocenters. The van der Waals surface area contributed by atoms with Gasteiger partial charge >= 0.3 is 0 Å². The van der Waals surface area contributed by atoms with Crippen molar-refractivity contribution in [3.05, 3.63) is 90.5 Å². The number of hydrogen-bond donors (Lipinski definition) is 2. The summed E-state index contributed by atoms with van der Waals surface area (Å²) in [6.07, 6.45) is 15.4. The van der Waals surface area contributed by atoms with E-state index in [2.05, 4.69) is 27.8 Å². The van der Waals surface area contributed by atoms with E-state index in [0.717, 1.165) is 28.8 Å². The molecule has 0 aliphatic heterocycles. The molecule has 0 bridgehead atoms. The number of carbonyl (C=O) groups is 1. The zero-order valence-electron chi connectivity index (χ0n) is 27.2. The van der Waals surface area contributed by atoms with Crippen molar-refractivity contribution >= 4 is 34.1 Å². The number of carbonyl (C=O) groups excluding carboxylic acids is 1. The van der Waals surface area contributed by atoms with Crippen molar-refractivity contribution in [1.29, 1.82) is 0 Å². The molecule has 0 fully saturated rings. The van der Waals surface area contributed by atoms with Crippen molar-refractivity contribution < 1.29 is 14.6 Å². The van der Waals surface area contributed by atoms with Crippen molar-refractivity contribution in [2.75, 3.05) is 11.9 Å². The molecule has 2 N–H and O–H groups in total. The molecule has 0 spiro atoms. The van der Waals surface area contributed by atoms with E-state index < -0.39 is 5.91 Å². The SMILES string of the molecule is CCCCCCCCCCCCCCOc1ccccc1NC(=O)c1cc(Sc2nnnn2-c2ccccc2)c2ccccc2c1O. The predicted octanol–water partition coefficient (Wildman–Crippen LogP) is 10.0. The van der Waals surface area contributed by atoms with Gasteiger partial charge in [-0.15, -0.1) is 5.10 Å². The number of tetrazole rings is 1. The summed E-state index contributed by atoms with van der Waals surface area (Å²) in [5.41, 5.74) is 1.54. The lowest BCUT2D eigenvalue weighted by Crippen LogP contribution is -2.14. The highest BCUT2D eigenvalue weighted by molar-refractivity contribution is 7.99. The maximum atomic E-state index is 13.7. The summed E-state index contributed by atoms with van der Waals surface area (Å²) in [6, 6.07) is 26.2. The van der Waals surface area contributed by atoms with Crippen LogP contribution in [0.1, 0.15) is 94.3 Å². The molecule has 1 amide bonds. The lowest BCUT2D eigenvalue weighted by Gasteiger charge is -2.15. The van der Waals surface area contributed by atoms with Crippen LogP contribution in [-0.2, 0) is 0 Å². The number of para-hydroxylation sites is 3. The van der Waals surface area contributed by atoms with Crippen LogP contribution in [0.3, 0.4) is 0 Å². The number of phenols is 1. The Bertz CT molecular complexity index is 1710. The maximum Gasteiger partial charge on any atom is 0.259 e. The van der Waals surface area contributed by atoms with E-state index in [-0.39, 0.29) is 11.3 Å². The zero-order valence-corrected chi connectivity index (χ0v) is 28.1. The summed E-state index contributed by atoms with van der Waals surface area (Å²) in [5.74, 6) is 0.0972. The van der Waals surface area contributed by atoms with Crippen LogP contribution in [0.15, 0.2) is 95.0 Å². The van der Waals surface area contributed by atoms with E-state index in [4.69, 9.17) is 4.74 Å². The number of phenolic OH excluding ortho intramolecular Hbond substituents is 1. The number of unbranched alkanes of at least 4 members (excludes halogenated alkanes) is 11. The van der Waals surface area contributed by atoms with Gasteiger partial charge in [0.25, 0.3) is 5.91 Å². The average Bonchev–Trinajstić information content (AvgIpc) is 3.57. The van der Waals surface area contributed by atoms with E-state index in [1.165, 1.54) is 76.0 Å². The maximum absolute atomic E-state index is 13.7. The van der Waals surface area contributed by atoms with Crippen molar-refractivity contribution in [1.82, 2.24) is 20.2 Å². The van der Waals surface area contributed by atoms with Crippen LogP contribution in [-0.4, -0.2) is 37.8 Å². The van der Waals surface area contributed by atoms with Crippen LogP contribution in [0.2, 0.25) is 0 Å². The number of nitrogens with zero attached hydrogens (tertiary/aromatic N) is 4. The Hall–Kier alpha value is -4.37. The van der Waals surface area contributed by atoms with Gasteiger partial charge in [-0.05, 0) is 64.3 Å². The lowest BCUT2D eigenvalue weighted by atomic mass is 10.0. The van der Waals surface area contributed by atoms with Crippen LogP contribution in [0.25, 0.3) is 16.5 Å². The number of anilines is 1. The van der Waals surface area contributed by atoms with Gasteiger partial charge in [-0.3, -0.25) is 4.79 Å². The molecular formula is C38H45N5O3S. The molecule has 4 aromatic carbocycles. The Morgan fingerprint density at radius 3 is 2.13 bits per heavy atom. The Labute approximate surface area is 281 Å². The molecule has 5 aromatic rings. The van der Waals surface area contributed by atoms with Gasteiger partial charge in [0.2, 0.25) is 5.16 Å². The normalized spacial score (nSPS) is 11.2. The molecule has 1 aromatic heterocycles. The number of aromatic nitrogens is 4. The summed E-state index contributed by atoms with van der Waals surface area (Å²) in [6.45, 7) is 2.85. The fourth-order valence-corrected chi connectivity index (χ4v) is 6.63. The predicted molar refractivity (Wildman–Crippen MR) is 190 cm³/mol. The largest absolute Gasteiger partial charge is 0.506 e. The monoisotopic (exact) mass is 651 g/mol. The summed E-state index contributed by atoms with van der Waals surface area (Å²) in [7, 11) is 0. The Morgan fingerprint density at radius 2 is 1.40 bits per heavy atom. The van der Waals surface area contributed by atoms with Crippen molar-refractivity contribution in [3.63, 3.8) is 0 Å². The van der Waals surface area contributed by atoms with Gasteiger partial charge in [0, 0.05) is 10.3 Å². The second kappa shape index (κ2) is 18.1. The van der Waals surface area contributed by atoms with E-state index in [9.17, 15) is 9.90 Å². The summed E-state index contributed by atoms with van der Waals surface area (Å²) >= 11 is 1.33. The molecule has 0 unspecified atom stereocenters. The molecule has 9 heteroatoms. The molecule has 246 valence electrons. The first kappa shape index (κ1) is 34.0. The molecule has 0 saturated heterocycles.